The van der Waals surface area contributed by atoms with E-state index in [0.29, 0.717) is 17.4 Å². The molecule has 9 nitrogen and oxygen atoms in total. The summed E-state index contributed by atoms with van der Waals surface area (Å²) in [6.45, 7) is 6.91. The Kier molecular flexibility index (Phi) is 46.6. The molecule has 0 aliphatic rings. The summed E-state index contributed by atoms with van der Waals surface area (Å²) in [6.07, 6.45) is 55.6. The summed E-state index contributed by atoms with van der Waals surface area (Å²) in [5, 5.41) is 3.05. The highest BCUT2D eigenvalue weighted by atomic mass is 31.2. The Morgan fingerprint density at radius 1 is 0.537 bits per heavy atom. The molecule has 0 spiro atoms. The highest BCUT2D eigenvalue weighted by Crippen LogP contribution is 2.43. The van der Waals surface area contributed by atoms with Crippen LogP contribution in [0, 0.1) is 0 Å². The fraction of sp³-hybridized carbons (Fsp3) is 0.860. The maximum atomic E-state index is 13.5. The second-order valence-corrected chi connectivity index (χ2v) is 21.9. The van der Waals surface area contributed by atoms with Crippen LogP contribution < -0.4 is 5.32 Å². The molecule has 0 rings (SSSR count). The predicted octanol–water partition coefficient (Wildman–Crippen LogP) is 16.8. The minimum absolute atomic E-state index is 0.0408. The average Bonchev–Trinajstić information content (AvgIpc) is 3.28. The molecule has 0 aromatic carbocycles. The van der Waals surface area contributed by atoms with Crippen LogP contribution in [0.3, 0.4) is 0 Å². The molecule has 2 N–H and O–H groups in total. The number of rotatable bonds is 51. The fourth-order valence-electron chi connectivity index (χ4n) is 8.21. The second-order valence-electron chi connectivity index (χ2n) is 20.4. The number of phosphoric ester groups is 1. The Bertz CT molecular complexity index is 1250. The fourth-order valence-corrected chi connectivity index (χ4v) is 8.95. The van der Waals surface area contributed by atoms with E-state index in [4.69, 9.17) is 13.8 Å². The SMILES string of the molecule is CC/C=C/C/C=C/CCCCCCCCCC(=O)OC(/C=C/CCCCCCCCCCC)C(COP(=O)(O)OCC[N+](C)(C)C)NC(=O)CCCCCCCCCCCCCCCCCC. The number of carbonyl (C=O) groups is 2. The summed E-state index contributed by atoms with van der Waals surface area (Å²) >= 11 is 0. The van der Waals surface area contributed by atoms with E-state index in [1.165, 1.54) is 148 Å². The van der Waals surface area contributed by atoms with Gasteiger partial charge in [0.1, 0.15) is 19.3 Å². The van der Waals surface area contributed by atoms with Crippen molar-refractivity contribution in [2.24, 2.45) is 0 Å². The third-order valence-electron chi connectivity index (χ3n) is 12.6. The third-order valence-corrected chi connectivity index (χ3v) is 13.6. The van der Waals surface area contributed by atoms with Crippen molar-refractivity contribution in [2.45, 2.75) is 277 Å². The molecule has 0 fully saturated rings. The van der Waals surface area contributed by atoms with Gasteiger partial charge in [-0.2, -0.15) is 0 Å². The summed E-state index contributed by atoms with van der Waals surface area (Å²) < 4.78 is 30.6. The number of allylic oxidation sites excluding steroid dienone is 5. The number of esters is 1. The molecule has 1 amide bonds. The van der Waals surface area contributed by atoms with Gasteiger partial charge in [0.25, 0.3) is 0 Å². The van der Waals surface area contributed by atoms with Gasteiger partial charge in [-0.3, -0.25) is 18.6 Å². The van der Waals surface area contributed by atoms with Gasteiger partial charge in [0.2, 0.25) is 5.91 Å². The van der Waals surface area contributed by atoms with Crippen molar-refractivity contribution in [2.75, 3.05) is 40.9 Å². The summed E-state index contributed by atoms with van der Waals surface area (Å²) in [7, 11) is 1.50. The first kappa shape index (κ1) is 65.2. The lowest BCUT2D eigenvalue weighted by Crippen LogP contribution is -2.47. The quantitative estimate of drug-likeness (QED) is 0.0205. The summed E-state index contributed by atoms with van der Waals surface area (Å²) in [5.41, 5.74) is 0. The van der Waals surface area contributed by atoms with Gasteiger partial charge in [0.15, 0.2) is 0 Å². The van der Waals surface area contributed by atoms with Gasteiger partial charge in [0.05, 0.1) is 33.8 Å². The number of quaternary nitrogens is 1. The number of nitrogens with one attached hydrogen (secondary N) is 1. The Labute approximate surface area is 415 Å². The van der Waals surface area contributed by atoms with Gasteiger partial charge in [-0.15, -0.1) is 0 Å². The molecule has 0 aromatic rings. The number of ether oxygens (including phenoxy) is 1. The van der Waals surface area contributed by atoms with Crippen molar-refractivity contribution >= 4 is 19.7 Å². The zero-order valence-electron chi connectivity index (χ0n) is 44.9. The number of phosphoric acid groups is 1. The first-order valence-electron chi connectivity index (χ1n) is 28.3. The first-order chi connectivity index (χ1) is 32.4. The minimum atomic E-state index is -4.44. The minimum Gasteiger partial charge on any atom is -0.456 e. The van der Waals surface area contributed by atoms with Gasteiger partial charge in [-0.05, 0) is 57.4 Å². The summed E-state index contributed by atoms with van der Waals surface area (Å²) in [5.74, 6) is -0.507. The molecular weight excluding hydrogens is 856 g/mol. The van der Waals surface area contributed by atoms with Crippen molar-refractivity contribution in [1.29, 1.82) is 0 Å². The largest absolute Gasteiger partial charge is 0.472 e. The maximum absolute atomic E-state index is 13.5. The van der Waals surface area contributed by atoms with Crippen LogP contribution >= 0.6 is 7.82 Å². The molecule has 0 aromatic heterocycles. The van der Waals surface area contributed by atoms with Crippen molar-refractivity contribution in [1.82, 2.24) is 5.32 Å². The van der Waals surface area contributed by atoms with Crippen LogP contribution in [0.2, 0.25) is 0 Å². The van der Waals surface area contributed by atoms with Gasteiger partial charge in [-0.1, -0.05) is 231 Å². The van der Waals surface area contributed by atoms with Gasteiger partial charge in [-0.25, -0.2) is 4.57 Å². The highest BCUT2D eigenvalue weighted by molar-refractivity contribution is 7.47. The Balaban J connectivity index is 5.31. The lowest BCUT2D eigenvalue weighted by atomic mass is 10.0. The normalized spacial score (nSPS) is 14.1. The third kappa shape index (κ3) is 49.0. The van der Waals surface area contributed by atoms with Crippen molar-refractivity contribution in [3.8, 4) is 0 Å². The number of hydrogen-bond donors (Lipinski definition) is 2. The van der Waals surface area contributed by atoms with Crippen LogP contribution in [0.15, 0.2) is 36.5 Å². The molecule has 10 heteroatoms. The summed E-state index contributed by atoms with van der Waals surface area (Å²) in [6, 6.07) is -0.845. The Morgan fingerprint density at radius 2 is 0.955 bits per heavy atom. The van der Waals surface area contributed by atoms with E-state index in [-0.39, 0.29) is 31.5 Å². The Morgan fingerprint density at radius 3 is 1.42 bits per heavy atom. The van der Waals surface area contributed by atoms with Crippen LogP contribution in [-0.4, -0.2) is 74.3 Å². The Hall–Kier alpha value is -1.77. The molecule has 0 aliphatic carbocycles. The van der Waals surface area contributed by atoms with Crippen LogP contribution in [-0.2, 0) is 27.9 Å². The van der Waals surface area contributed by atoms with E-state index in [9.17, 15) is 19.0 Å². The molecule has 0 aliphatic heterocycles. The molecule has 3 atom stereocenters. The van der Waals surface area contributed by atoms with E-state index in [1.54, 1.807) is 0 Å². The molecule has 67 heavy (non-hydrogen) atoms. The molecule has 0 saturated heterocycles. The number of hydrogen-bond acceptors (Lipinski definition) is 6. The molecule has 0 saturated carbocycles. The van der Waals surface area contributed by atoms with Crippen LogP contribution in [0.1, 0.15) is 265 Å². The molecule has 394 valence electrons. The van der Waals surface area contributed by atoms with E-state index >= 15 is 0 Å². The monoisotopic (exact) mass is 966 g/mol. The van der Waals surface area contributed by atoms with Gasteiger partial charge in [0, 0.05) is 12.8 Å². The topological polar surface area (TPSA) is 111 Å². The van der Waals surface area contributed by atoms with Crippen LogP contribution in [0.25, 0.3) is 0 Å². The van der Waals surface area contributed by atoms with Crippen molar-refractivity contribution < 1.29 is 37.3 Å². The lowest BCUT2D eigenvalue weighted by molar-refractivity contribution is -0.870. The highest BCUT2D eigenvalue weighted by Gasteiger charge is 2.30. The standard InChI is InChI=1S/C57H109N2O7P/c1-7-10-13-16-19-22-25-27-29-30-31-34-37-40-43-46-49-56(60)58-54(53-65-67(62,63)64-52-51-59(4,5)6)55(48-45-42-39-36-33-24-21-18-15-12-9-3)66-57(61)50-47-44-41-38-35-32-28-26-23-20-17-14-11-8-2/h11,14,20,23,45,48,54-55H,7-10,12-13,15-19,21-22,24-44,46-47,49-53H2,1-6H3,(H-,58,60,62,63)/p+1/b14-11+,23-20+,48-45+. The summed E-state index contributed by atoms with van der Waals surface area (Å²) in [4.78, 5) is 37.5. The maximum Gasteiger partial charge on any atom is 0.472 e. The number of amides is 1. The van der Waals surface area contributed by atoms with Crippen molar-refractivity contribution in [3.63, 3.8) is 0 Å². The number of carbonyl (C=O) groups excluding carboxylic acids is 2. The predicted molar refractivity (Wildman–Crippen MR) is 286 cm³/mol. The smallest absolute Gasteiger partial charge is 0.456 e. The number of likely N-dealkylation sites (N-methyl/N-ethyl adjacent to an activating group) is 1. The van der Waals surface area contributed by atoms with E-state index in [0.717, 1.165) is 83.5 Å². The van der Waals surface area contributed by atoms with E-state index < -0.39 is 20.0 Å². The van der Waals surface area contributed by atoms with E-state index in [1.807, 2.05) is 33.3 Å². The average molecular weight is 966 g/mol. The van der Waals surface area contributed by atoms with Crippen molar-refractivity contribution in [3.05, 3.63) is 36.5 Å². The number of unbranched alkanes of at least 4 members (excludes halogenated alkanes) is 31. The zero-order valence-corrected chi connectivity index (χ0v) is 45.8. The number of nitrogens with zero attached hydrogens (tertiary/aromatic N) is 1. The zero-order chi connectivity index (χ0) is 49.4. The molecule has 0 radical (unpaired) electrons. The molecule has 0 bridgehead atoms. The van der Waals surface area contributed by atoms with E-state index in [2.05, 4.69) is 50.4 Å². The van der Waals surface area contributed by atoms with Gasteiger partial charge < -0.3 is 19.4 Å². The molecule has 0 heterocycles. The first-order valence-corrected chi connectivity index (χ1v) is 29.8. The van der Waals surface area contributed by atoms with Crippen LogP contribution in [0.5, 0.6) is 0 Å². The second kappa shape index (κ2) is 47.9. The lowest BCUT2D eigenvalue weighted by Gasteiger charge is -2.27. The molecular formula is C57H110N2O7P+. The molecule has 3 unspecified atom stereocenters. The van der Waals surface area contributed by atoms with Crippen LogP contribution in [0.4, 0.5) is 0 Å². The van der Waals surface area contributed by atoms with Gasteiger partial charge >= 0.3 is 13.8 Å².